The van der Waals surface area contributed by atoms with Gasteiger partial charge in [-0.3, -0.25) is 4.79 Å². The lowest BCUT2D eigenvalue weighted by Crippen LogP contribution is -2.38. The normalized spacial score (nSPS) is 9.77. The summed E-state index contributed by atoms with van der Waals surface area (Å²) in [5, 5.41) is 8.38. The molecule has 0 fully saturated rings. The van der Waals surface area contributed by atoms with Crippen LogP contribution in [0.4, 0.5) is 0 Å². The molecule has 0 aliphatic heterocycles. The molecule has 0 saturated carbocycles. The van der Waals surface area contributed by atoms with E-state index >= 15 is 0 Å². The zero-order valence-corrected chi connectivity index (χ0v) is 8.29. The zero-order chi connectivity index (χ0) is 10.3. The molecule has 0 aromatic rings. The highest BCUT2D eigenvalue weighted by Gasteiger charge is 2.12. The summed E-state index contributed by atoms with van der Waals surface area (Å²) in [5.74, 6) is 0.332. The van der Waals surface area contributed by atoms with Gasteiger partial charge in [0.15, 0.2) is 0 Å². The molecule has 4 heteroatoms. The van der Waals surface area contributed by atoms with Crippen molar-refractivity contribution in [2.45, 2.75) is 20.3 Å². The van der Waals surface area contributed by atoms with Crippen molar-refractivity contribution < 1.29 is 4.79 Å². The van der Waals surface area contributed by atoms with E-state index in [1.54, 1.807) is 4.90 Å². The highest BCUT2D eigenvalue weighted by atomic mass is 16.2. The lowest BCUT2D eigenvalue weighted by atomic mass is 10.2. The van der Waals surface area contributed by atoms with E-state index < -0.39 is 0 Å². The SMILES string of the molecule is CC(C)CN(CCC#N)C(=O)CN. The number of hydrogen-bond donors (Lipinski definition) is 1. The second kappa shape index (κ2) is 6.44. The third-order valence-corrected chi connectivity index (χ3v) is 1.61. The molecule has 74 valence electrons. The largest absolute Gasteiger partial charge is 0.340 e. The van der Waals surface area contributed by atoms with Crippen molar-refractivity contribution in [1.29, 1.82) is 5.26 Å². The van der Waals surface area contributed by atoms with E-state index in [0.717, 1.165) is 0 Å². The van der Waals surface area contributed by atoms with Gasteiger partial charge in [-0.2, -0.15) is 5.26 Å². The van der Waals surface area contributed by atoms with Gasteiger partial charge >= 0.3 is 0 Å². The van der Waals surface area contributed by atoms with Crippen molar-refractivity contribution in [1.82, 2.24) is 4.90 Å². The van der Waals surface area contributed by atoms with Gasteiger partial charge < -0.3 is 10.6 Å². The minimum Gasteiger partial charge on any atom is -0.340 e. The van der Waals surface area contributed by atoms with Crippen molar-refractivity contribution in [3.8, 4) is 6.07 Å². The molecule has 0 spiro atoms. The van der Waals surface area contributed by atoms with Crippen LogP contribution < -0.4 is 5.73 Å². The molecule has 0 bridgehead atoms. The molecule has 0 aromatic heterocycles. The molecule has 0 heterocycles. The third-order valence-electron chi connectivity index (χ3n) is 1.61. The van der Waals surface area contributed by atoms with Gasteiger partial charge in [0, 0.05) is 13.1 Å². The fraction of sp³-hybridized carbons (Fsp3) is 0.778. The van der Waals surface area contributed by atoms with Crippen LogP contribution in [0.25, 0.3) is 0 Å². The highest BCUT2D eigenvalue weighted by molar-refractivity contribution is 5.78. The van der Waals surface area contributed by atoms with E-state index in [-0.39, 0.29) is 12.5 Å². The summed E-state index contributed by atoms with van der Waals surface area (Å²) >= 11 is 0. The predicted molar refractivity (Wildman–Crippen MR) is 50.7 cm³/mol. The molecule has 0 unspecified atom stereocenters. The number of nitrogens with zero attached hydrogens (tertiary/aromatic N) is 2. The average molecular weight is 183 g/mol. The van der Waals surface area contributed by atoms with Crippen LogP contribution in [0.1, 0.15) is 20.3 Å². The quantitative estimate of drug-likeness (QED) is 0.668. The molecule has 0 rings (SSSR count). The second-order valence-electron chi connectivity index (χ2n) is 3.35. The van der Waals surface area contributed by atoms with Crippen molar-refractivity contribution >= 4 is 5.91 Å². The van der Waals surface area contributed by atoms with Crippen LogP contribution >= 0.6 is 0 Å². The molecule has 0 radical (unpaired) electrons. The minimum absolute atomic E-state index is 0.0259. The van der Waals surface area contributed by atoms with Gasteiger partial charge in [-0.05, 0) is 5.92 Å². The maximum absolute atomic E-state index is 11.2. The smallest absolute Gasteiger partial charge is 0.236 e. The van der Waals surface area contributed by atoms with Gasteiger partial charge in [0.2, 0.25) is 5.91 Å². The summed E-state index contributed by atoms with van der Waals surface area (Å²) in [7, 11) is 0. The van der Waals surface area contributed by atoms with Crippen molar-refractivity contribution in [3.63, 3.8) is 0 Å². The van der Waals surface area contributed by atoms with E-state index in [1.807, 2.05) is 19.9 Å². The molecular weight excluding hydrogens is 166 g/mol. The molecule has 4 nitrogen and oxygen atoms in total. The number of nitrogens with two attached hydrogens (primary N) is 1. The number of carbonyl (C=O) groups excluding carboxylic acids is 1. The molecule has 2 N–H and O–H groups in total. The van der Waals surface area contributed by atoms with Crippen LogP contribution in [0.3, 0.4) is 0 Å². The maximum atomic E-state index is 11.2. The summed E-state index contributed by atoms with van der Waals surface area (Å²) in [4.78, 5) is 12.9. The first-order valence-corrected chi connectivity index (χ1v) is 4.46. The van der Waals surface area contributed by atoms with E-state index in [4.69, 9.17) is 11.0 Å². The first-order chi connectivity index (χ1) is 6.11. The zero-order valence-electron chi connectivity index (χ0n) is 8.29. The van der Waals surface area contributed by atoms with Crippen LogP contribution in [0.15, 0.2) is 0 Å². The fourth-order valence-electron chi connectivity index (χ4n) is 1.07. The van der Waals surface area contributed by atoms with Gasteiger partial charge in [0.25, 0.3) is 0 Å². The maximum Gasteiger partial charge on any atom is 0.236 e. The van der Waals surface area contributed by atoms with Gasteiger partial charge in [0.05, 0.1) is 19.0 Å². The molecule has 0 aliphatic carbocycles. The molecule has 0 atom stereocenters. The Labute approximate surface area is 79.3 Å². The van der Waals surface area contributed by atoms with Crippen molar-refractivity contribution in [2.75, 3.05) is 19.6 Å². The second-order valence-corrected chi connectivity index (χ2v) is 3.35. The fourth-order valence-corrected chi connectivity index (χ4v) is 1.07. The van der Waals surface area contributed by atoms with Crippen LogP contribution in [-0.2, 0) is 4.79 Å². The lowest BCUT2D eigenvalue weighted by molar-refractivity contribution is -0.130. The number of rotatable bonds is 5. The molecule has 1 amide bonds. The van der Waals surface area contributed by atoms with Crippen LogP contribution in [0.2, 0.25) is 0 Å². The lowest BCUT2D eigenvalue weighted by Gasteiger charge is -2.22. The first kappa shape index (κ1) is 11.9. The van der Waals surface area contributed by atoms with Crippen LogP contribution in [-0.4, -0.2) is 30.4 Å². The Kier molecular flexibility index (Phi) is 5.90. The number of amides is 1. The summed E-state index contributed by atoms with van der Waals surface area (Å²) in [6, 6.07) is 2.02. The Morgan fingerprint density at radius 1 is 1.62 bits per heavy atom. The number of carbonyl (C=O) groups is 1. The van der Waals surface area contributed by atoms with Crippen LogP contribution in [0, 0.1) is 17.2 Å². The van der Waals surface area contributed by atoms with Gasteiger partial charge in [0.1, 0.15) is 0 Å². The molecular formula is C9H17N3O. The van der Waals surface area contributed by atoms with Crippen molar-refractivity contribution in [2.24, 2.45) is 11.7 Å². The van der Waals surface area contributed by atoms with Crippen LogP contribution in [0.5, 0.6) is 0 Å². The number of nitriles is 1. The summed E-state index contributed by atoms with van der Waals surface area (Å²) in [6.45, 7) is 5.26. The monoisotopic (exact) mass is 183 g/mol. The topological polar surface area (TPSA) is 70.1 Å². The Hall–Kier alpha value is -1.08. The first-order valence-electron chi connectivity index (χ1n) is 4.46. The standard InChI is InChI=1S/C9H17N3O/c1-8(2)7-12(5-3-4-10)9(13)6-11/h8H,3,5-7,11H2,1-2H3. The Bertz CT molecular complexity index is 196. The van der Waals surface area contributed by atoms with E-state index in [0.29, 0.717) is 25.4 Å². The third kappa shape index (κ3) is 5.21. The Morgan fingerprint density at radius 2 is 2.23 bits per heavy atom. The molecule has 0 saturated heterocycles. The Morgan fingerprint density at radius 3 is 2.62 bits per heavy atom. The van der Waals surface area contributed by atoms with Gasteiger partial charge in [-0.25, -0.2) is 0 Å². The summed E-state index contributed by atoms with van der Waals surface area (Å²) in [5.41, 5.74) is 5.25. The number of hydrogen-bond acceptors (Lipinski definition) is 3. The summed E-state index contributed by atoms with van der Waals surface area (Å²) in [6.07, 6.45) is 0.373. The highest BCUT2D eigenvalue weighted by Crippen LogP contribution is 1.99. The minimum atomic E-state index is -0.0797. The summed E-state index contributed by atoms with van der Waals surface area (Å²) < 4.78 is 0. The van der Waals surface area contributed by atoms with E-state index in [2.05, 4.69) is 0 Å². The molecule has 0 aromatic carbocycles. The van der Waals surface area contributed by atoms with E-state index in [1.165, 1.54) is 0 Å². The van der Waals surface area contributed by atoms with Crippen molar-refractivity contribution in [3.05, 3.63) is 0 Å². The van der Waals surface area contributed by atoms with Gasteiger partial charge in [-0.1, -0.05) is 13.8 Å². The van der Waals surface area contributed by atoms with E-state index in [9.17, 15) is 4.79 Å². The Balaban J connectivity index is 4.04. The van der Waals surface area contributed by atoms with Gasteiger partial charge in [-0.15, -0.1) is 0 Å². The average Bonchev–Trinajstić information content (AvgIpc) is 2.10. The molecule has 13 heavy (non-hydrogen) atoms. The molecule has 0 aliphatic rings. The predicted octanol–water partition coefficient (Wildman–Crippen LogP) is 0.343.